The molecule has 150 valence electrons. The molecule has 1 aromatic rings. The molecule has 6 nitrogen and oxygen atoms in total. The van der Waals surface area contributed by atoms with Gasteiger partial charge in [-0.15, -0.1) is 0 Å². The van der Waals surface area contributed by atoms with Crippen LogP contribution in [0.25, 0.3) is 0 Å². The molecule has 1 amide bonds. The van der Waals surface area contributed by atoms with Crippen molar-refractivity contribution in [3.05, 3.63) is 23.0 Å². The van der Waals surface area contributed by atoms with E-state index in [1.807, 2.05) is 19.9 Å². The molecule has 2 fully saturated rings. The summed E-state index contributed by atoms with van der Waals surface area (Å²) >= 11 is 15.2. The fourth-order valence-electron chi connectivity index (χ4n) is 3.96. The number of carbonyl (C=O) groups excluding carboxylic acids is 1. The molecule has 1 saturated heterocycles. The Balaban J connectivity index is 1.81. The molecule has 0 N–H and O–H groups in total. The normalized spacial score (nSPS) is 24.5. The number of hydrogen-bond donors (Lipinski definition) is 0. The summed E-state index contributed by atoms with van der Waals surface area (Å²) in [5.41, 5.74) is -0.143. The molecule has 0 atom stereocenters. The van der Waals surface area contributed by atoms with E-state index in [-0.39, 0.29) is 28.8 Å². The highest BCUT2D eigenvalue weighted by molar-refractivity contribution is 9.09. The van der Waals surface area contributed by atoms with Crippen LogP contribution in [0.3, 0.4) is 0 Å². The molecule has 9 heteroatoms. The van der Waals surface area contributed by atoms with Crippen molar-refractivity contribution in [3.8, 4) is 6.07 Å². The molecule has 0 radical (unpaired) electrons. The Kier molecular flexibility index (Phi) is 6.60. The van der Waals surface area contributed by atoms with E-state index in [2.05, 4.69) is 25.8 Å². The molecule has 0 aromatic carbocycles. The number of hydrogen-bond acceptors (Lipinski definition) is 5. The van der Waals surface area contributed by atoms with Crippen LogP contribution in [-0.2, 0) is 9.53 Å². The van der Waals surface area contributed by atoms with Crippen LogP contribution in [0.2, 0.25) is 5.02 Å². The van der Waals surface area contributed by atoms with Gasteiger partial charge in [0, 0.05) is 11.4 Å². The number of rotatable bonds is 5. The van der Waals surface area contributed by atoms with E-state index in [0.717, 1.165) is 31.0 Å². The lowest BCUT2D eigenvalue weighted by Crippen LogP contribution is -2.51. The zero-order chi connectivity index (χ0) is 20.5. The number of halogens is 2. The van der Waals surface area contributed by atoms with E-state index in [9.17, 15) is 4.79 Å². The largest absolute Gasteiger partial charge is 0.377 e. The Morgan fingerprint density at radius 2 is 2.11 bits per heavy atom. The van der Waals surface area contributed by atoms with Crippen molar-refractivity contribution < 1.29 is 9.53 Å². The smallest absolute Gasteiger partial charge is 0.258 e. The zero-order valence-electron chi connectivity index (χ0n) is 15.8. The Bertz CT molecular complexity index is 821. The van der Waals surface area contributed by atoms with Crippen LogP contribution in [0, 0.1) is 11.3 Å². The number of pyridine rings is 1. The minimum Gasteiger partial charge on any atom is -0.377 e. The quantitative estimate of drug-likeness (QED) is 0.463. The Morgan fingerprint density at radius 3 is 2.68 bits per heavy atom. The summed E-state index contributed by atoms with van der Waals surface area (Å²) in [7, 11) is 0. The summed E-state index contributed by atoms with van der Waals surface area (Å²) in [4.78, 5) is 20.8. The maximum Gasteiger partial charge on any atom is 0.258 e. The number of aromatic nitrogens is 1. The predicted molar refractivity (Wildman–Crippen MR) is 116 cm³/mol. The van der Waals surface area contributed by atoms with Gasteiger partial charge in [0.05, 0.1) is 29.6 Å². The van der Waals surface area contributed by atoms with Gasteiger partial charge in [-0.3, -0.25) is 9.69 Å². The Hall–Kier alpha value is -1.27. The summed E-state index contributed by atoms with van der Waals surface area (Å²) in [6.07, 6.45) is 5.48. The van der Waals surface area contributed by atoms with Crippen LogP contribution in [0.4, 0.5) is 5.69 Å². The minimum absolute atomic E-state index is 0.113. The number of anilines is 1. The molecule has 1 aromatic heterocycles. The third-order valence-electron chi connectivity index (χ3n) is 5.36. The first-order valence-electron chi connectivity index (χ1n) is 9.22. The fraction of sp³-hybridized carbons (Fsp3) is 0.579. The van der Waals surface area contributed by atoms with Gasteiger partial charge >= 0.3 is 0 Å². The van der Waals surface area contributed by atoms with Crippen molar-refractivity contribution in [2.45, 2.75) is 57.2 Å². The van der Waals surface area contributed by atoms with E-state index in [1.165, 1.54) is 11.1 Å². The Labute approximate surface area is 183 Å². The highest BCUT2D eigenvalue weighted by atomic mass is 79.9. The lowest BCUT2D eigenvalue weighted by Gasteiger charge is -2.40. The van der Waals surface area contributed by atoms with Gasteiger partial charge in [-0.1, -0.05) is 27.5 Å². The summed E-state index contributed by atoms with van der Waals surface area (Å²) in [5, 5.41) is 10.5. The molecule has 1 aliphatic carbocycles. The highest BCUT2D eigenvalue weighted by Gasteiger charge is 2.52. The molecule has 0 spiro atoms. The number of alkyl halides is 1. The molecule has 3 rings (SSSR count). The predicted octanol–water partition coefficient (Wildman–Crippen LogP) is 4.04. The van der Waals surface area contributed by atoms with E-state index in [0.29, 0.717) is 17.4 Å². The molecule has 0 unspecified atom stereocenters. The van der Waals surface area contributed by atoms with E-state index >= 15 is 0 Å². The molecule has 0 bridgehead atoms. The first-order valence-corrected chi connectivity index (χ1v) is 11.1. The SMILES string of the molecule is CC1(C)C(=O)N(c2cnc(C#N)c(Cl)c2)C(=S)N1[C@H]1CC[C@H](OCCBr)CC1. The minimum atomic E-state index is -0.758. The molecule has 1 aliphatic heterocycles. The van der Waals surface area contributed by atoms with E-state index in [4.69, 9.17) is 33.8 Å². The van der Waals surface area contributed by atoms with Crippen LogP contribution in [-0.4, -0.2) is 50.5 Å². The second kappa shape index (κ2) is 8.62. The molecule has 1 saturated carbocycles. The average Bonchev–Trinajstić information content (AvgIpc) is 2.85. The standard InChI is InChI=1S/C19H22BrClN4O2S/c1-19(2)17(26)24(13-9-15(21)16(10-22)23-11-13)18(28)25(19)12-3-5-14(6-4-12)27-8-7-20/h9,11-12,14H,3-8H2,1-2H3/t12-,14-. The maximum atomic E-state index is 13.2. The summed E-state index contributed by atoms with van der Waals surface area (Å²) < 4.78 is 5.84. The van der Waals surface area contributed by atoms with Crippen LogP contribution in [0.15, 0.2) is 12.3 Å². The zero-order valence-corrected chi connectivity index (χ0v) is 19.0. The topological polar surface area (TPSA) is 69.5 Å². The Morgan fingerprint density at radius 1 is 1.43 bits per heavy atom. The van der Waals surface area contributed by atoms with Crippen molar-refractivity contribution in [2.24, 2.45) is 0 Å². The third kappa shape index (κ3) is 3.90. The van der Waals surface area contributed by atoms with Gasteiger partial charge < -0.3 is 9.64 Å². The summed E-state index contributed by atoms with van der Waals surface area (Å²) in [6, 6.07) is 3.68. The van der Waals surface area contributed by atoms with Crippen molar-refractivity contribution in [1.29, 1.82) is 5.26 Å². The molecule has 2 aliphatic rings. The number of ether oxygens (including phenoxy) is 1. The summed E-state index contributed by atoms with van der Waals surface area (Å²) in [5.74, 6) is -0.113. The average molecular weight is 486 g/mol. The summed E-state index contributed by atoms with van der Waals surface area (Å²) in [6.45, 7) is 4.50. The van der Waals surface area contributed by atoms with Crippen molar-refractivity contribution >= 4 is 56.5 Å². The monoisotopic (exact) mass is 484 g/mol. The van der Waals surface area contributed by atoms with Gasteiger partial charge in [-0.2, -0.15) is 5.26 Å². The number of nitrogens with zero attached hydrogens (tertiary/aromatic N) is 4. The molecule has 28 heavy (non-hydrogen) atoms. The van der Waals surface area contributed by atoms with Gasteiger partial charge in [-0.05, 0) is 57.8 Å². The van der Waals surface area contributed by atoms with E-state index in [1.54, 1.807) is 6.07 Å². The first-order chi connectivity index (χ1) is 13.3. The van der Waals surface area contributed by atoms with E-state index < -0.39 is 5.54 Å². The number of nitriles is 1. The van der Waals surface area contributed by atoms with Crippen molar-refractivity contribution in [1.82, 2.24) is 9.88 Å². The van der Waals surface area contributed by atoms with Gasteiger partial charge in [0.1, 0.15) is 11.6 Å². The maximum absolute atomic E-state index is 13.2. The molecule has 2 heterocycles. The lowest BCUT2D eigenvalue weighted by atomic mass is 9.89. The first kappa shape index (κ1) is 21.4. The number of amides is 1. The second-order valence-electron chi connectivity index (χ2n) is 7.48. The van der Waals surface area contributed by atoms with Crippen molar-refractivity contribution in [3.63, 3.8) is 0 Å². The van der Waals surface area contributed by atoms with Gasteiger partial charge in [0.2, 0.25) is 0 Å². The molecular weight excluding hydrogens is 464 g/mol. The molecular formula is C19H22BrClN4O2S. The third-order valence-corrected chi connectivity index (χ3v) is 6.35. The fourth-order valence-corrected chi connectivity index (χ4v) is 4.92. The van der Waals surface area contributed by atoms with Crippen LogP contribution in [0.1, 0.15) is 45.2 Å². The number of carbonyl (C=O) groups is 1. The second-order valence-corrected chi connectivity index (χ2v) is 9.04. The lowest BCUT2D eigenvalue weighted by molar-refractivity contribution is -0.124. The highest BCUT2D eigenvalue weighted by Crippen LogP contribution is 2.38. The van der Waals surface area contributed by atoms with Crippen molar-refractivity contribution in [2.75, 3.05) is 16.8 Å². The number of thiocarbonyl (C=S) groups is 1. The van der Waals surface area contributed by atoms with Gasteiger partial charge in [-0.25, -0.2) is 4.98 Å². The van der Waals surface area contributed by atoms with Gasteiger partial charge in [0.15, 0.2) is 10.8 Å². The van der Waals surface area contributed by atoms with Crippen LogP contribution >= 0.6 is 39.7 Å². The van der Waals surface area contributed by atoms with Crippen LogP contribution < -0.4 is 4.90 Å². The van der Waals surface area contributed by atoms with Crippen LogP contribution in [0.5, 0.6) is 0 Å². The van der Waals surface area contributed by atoms with Gasteiger partial charge in [0.25, 0.3) is 5.91 Å².